The molecule has 4 nitrogen and oxygen atoms in total. The Hall–Kier alpha value is -1.12. The van der Waals surface area contributed by atoms with Crippen molar-refractivity contribution in [2.24, 2.45) is 5.92 Å². The van der Waals surface area contributed by atoms with Crippen LogP contribution < -0.4 is 4.72 Å². The van der Waals surface area contributed by atoms with Crippen molar-refractivity contribution >= 4 is 10.0 Å². The van der Waals surface area contributed by atoms with Gasteiger partial charge in [0.05, 0.1) is 0 Å². The van der Waals surface area contributed by atoms with Gasteiger partial charge in [-0.15, -0.1) is 0 Å². The van der Waals surface area contributed by atoms with E-state index in [1.165, 1.54) is 0 Å². The Labute approximate surface area is 115 Å². The number of hydrogen-bond acceptors (Lipinski definition) is 3. The minimum atomic E-state index is -4.34. The molecule has 0 spiro atoms. The van der Waals surface area contributed by atoms with E-state index in [1.54, 1.807) is 13.8 Å². The zero-order valence-corrected chi connectivity index (χ0v) is 11.8. The lowest BCUT2D eigenvalue weighted by atomic mass is 10.0. The molecule has 8 heteroatoms. The van der Waals surface area contributed by atoms with Gasteiger partial charge in [0.15, 0.2) is 17.5 Å². The third kappa shape index (κ3) is 3.71. The monoisotopic (exact) mass is 311 g/mol. The summed E-state index contributed by atoms with van der Waals surface area (Å²) in [6.07, 6.45) is 0.127. The van der Waals surface area contributed by atoms with Gasteiger partial charge >= 0.3 is 0 Å². The molecule has 2 N–H and O–H groups in total. The Morgan fingerprint density at radius 3 is 2.30 bits per heavy atom. The lowest BCUT2D eigenvalue weighted by Crippen LogP contribution is -2.39. The first-order valence-corrected chi connectivity index (χ1v) is 7.45. The van der Waals surface area contributed by atoms with E-state index in [0.717, 1.165) is 0 Å². The SMILES string of the molecule is CC(C)C(CCO)NS(=O)(=O)c1ccc(F)c(F)c1F. The van der Waals surface area contributed by atoms with Gasteiger partial charge in [0.2, 0.25) is 10.0 Å². The van der Waals surface area contributed by atoms with Gasteiger partial charge in [-0.05, 0) is 24.5 Å². The van der Waals surface area contributed by atoms with E-state index < -0.39 is 38.4 Å². The predicted molar refractivity (Wildman–Crippen MR) is 67.0 cm³/mol. The molecule has 1 rings (SSSR count). The molecule has 0 amide bonds. The molecule has 0 aliphatic heterocycles. The van der Waals surface area contributed by atoms with Crippen LogP contribution in [0.1, 0.15) is 20.3 Å². The third-order valence-electron chi connectivity index (χ3n) is 2.84. The summed E-state index contributed by atoms with van der Waals surface area (Å²) < 4.78 is 65.5. The summed E-state index contributed by atoms with van der Waals surface area (Å²) in [5.41, 5.74) is 0. The molecule has 114 valence electrons. The van der Waals surface area contributed by atoms with Crippen molar-refractivity contribution in [2.45, 2.75) is 31.2 Å². The summed E-state index contributed by atoms with van der Waals surface area (Å²) in [4.78, 5) is -0.958. The molecule has 1 aromatic carbocycles. The van der Waals surface area contributed by atoms with Gasteiger partial charge < -0.3 is 5.11 Å². The first-order chi connectivity index (χ1) is 9.20. The minimum Gasteiger partial charge on any atom is -0.396 e. The Bertz CT molecular complexity index is 576. The number of halogens is 3. The van der Waals surface area contributed by atoms with Gasteiger partial charge in [-0.3, -0.25) is 0 Å². The first-order valence-electron chi connectivity index (χ1n) is 5.97. The molecule has 0 radical (unpaired) electrons. The van der Waals surface area contributed by atoms with E-state index in [1.807, 2.05) is 0 Å². The molecule has 0 aliphatic rings. The lowest BCUT2D eigenvalue weighted by Gasteiger charge is -2.21. The zero-order chi connectivity index (χ0) is 15.5. The maximum absolute atomic E-state index is 13.5. The van der Waals surface area contributed by atoms with Crippen molar-refractivity contribution in [3.05, 3.63) is 29.6 Å². The van der Waals surface area contributed by atoms with Crippen LogP contribution in [0.15, 0.2) is 17.0 Å². The third-order valence-corrected chi connectivity index (χ3v) is 4.35. The summed E-state index contributed by atoms with van der Waals surface area (Å²) in [5.74, 6) is -5.22. The average molecular weight is 311 g/mol. The number of hydrogen-bond donors (Lipinski definition) is 2. The molecular weight excluding hydrogens is 295 g/mol. The van der Waals surface area contributed by atoms with Crippen LogP contribution in [0.3, 0.4) is 0 Å². The van der Waals surface area contributed by atoms with Gasteiger partial charge in [-0.2, -0.15) is 0 Å². The number of nitrogens with one attached hydrogen (secondary N) is 1. The van der Waals surface area contributed by atoms with Gasteiger partial charge in [0, 0.05) is 12.6 Å². The maximum Gasteiger partial charge on any atom is 0.243 e. The molecule has 1 atom stereocenters. The Morgan fingerprint density at radius 1 is 1.20 bits per heavy atom. The number of sulfonamides is 1. The second kappa shape index (κ2) is 6.55. The normalized spacial score (nSPS) is 13.8. The van der Waals surface area contributed by atoms with Crippen LogP contribution in [0.2, 0.25) is 0 Å². The van der Waals surface area contributed by atoms with Crippen molar-refractivity contribution in [3.8, 4) is 0 Å². The van der Waals surface area contributed by atoms with Gasteiger partial charge in [0.25, 0.3) is 0 Å². The molecule has 0 aromatic heterocycles. The highest BCUT2D eigenvalue weighted by atomic mass is 32.2. The molecule has 0 saturated carbocycles. The number of aliphatic hydroxyl groups excluding tert-OH is 1. The molecule has 1 aromatic rings. The number of benzene rings is 1. The molecule has 0 aliphatic carbocycles. The van der Waals surface area contributed by atoms with Gasteiger partial charge in [-0.1, -0.05) is 13.8 Å². The van der Waals surface area contributed by atoms with E-state index in [2.05, 4.69) is 4.72 Å². The highest BCUT2D eigenvalue weighted by Gasteiger charge is 2.27. The predicted octanol–water partition coefficient (Wildman–Crippen LogP) is 1.79. The lowest BCUT2D eigenvalue weighted by molar-refractivity contribution is 0.255. The molecular formula is C12H16F3NO3S. The van der Waals surface area contributed by atoms with Crippen LogP contribution in [0.4, 0.5) is 13.2 Å². The van der Waals surface area contributed by atoms with E-state index in [4.69, 9.17) is 5.11 Å². The Balaban J connectivity index is 3.14. The summed E-state index contributed by atoms with van der Waals surface area (Å²) in [7, 11) is -4.34. The van der Waals surface area contributed by atoms with E-state index in [-0.39, 0.29) is 18.9 Å². The largest absolute Gasteiger partial charge is 0.396 e. The van der Waals surface area contributed by atoms with E-state index in [9.17, 15) is 21.6 Å². The molecule has 0 saturated heterocycles. The molecule has 0 fully saturated rings. The average Bonchev–Trinajstić information content (AvgIpc) is 2.34. The van der Waals surface area contributed by atoms with Crippen molar-refractivity contribution < 1.29 is 26.7 Å². The van der Waals surface area contributed by atoms with Crippen molar-refractivity contribution in [1.82, 2.24) is 4.72 Å². The topological polar surface area (TPSA) is 66.4 Å². The molecule has 0 heterocycles. The van der Waals surface area contributed by atoms with Crippen LogP contribution in [-0.2, 0) is 10.0 Å². The highest BCUT2D eigenvalue weighted by Crippen LogP contribution is 2.21. The number of rotatable bonds is 6. The smallest absolute Gasteiger partial charge is 0.243 e. The minimum absolute atomic E-state index is 0.127. The molecule has 0 bridgehead atoms. The van der Waals surface area contributed by atoms with Crippen molar-refractivity contribution in [3.63, 3.8) is 0 Å². The summed E-state index contributed by atoms with van der Waals surface area (Å²) in [5, 5.41) is 8.87. The van der Waals surface area contributed by atoms with Crippen molar-refractivity contribution in [1.29, 1.82) is 0 Å². The van der Waals surface area contributed by atoms with Crippen LogP contribution >= 0.6 is 0 Å². The first kappa shape index (κ1) is 16.9. The zero-order valence-electron chi connectivity index (χ0n) is 11.0. The van der Waals surface area contributed by atoms with Crippen molar-refractivity contribution in [2.75, 3.05) is 6.61 Å². The van der Waals surface area contributed by atoms with E-state index in [0.29, 0.717) is 12.1 Å². The quantitative estimate of drug-likeness (QED) is 0.787. The van der Waals surface area contributed by atoms with Crippen LogP contribution in [-0.4, -0.2) is 26.2 Å². The number of aliphatic hydroxyl groups is 1. The van der Waals surface area contributed by atoms with E-state index >= 15 is 0 Å². The fourth-order valence-electron chi connectivity index (χ4n) is 1.65. The fourth-order valence-corrected chi connectivity index (χ4v) is 3.13. The highest BCUT2D eigenvalue weighted by molar-refractivity contribution is 7.89. The van der Waals surface area contributed by atoms with Gasteiger partial charge in [-0.25, -0.2) is 26.3 Å². The molecule has 20 heavy (non-hydrogen) atoms. The summed E-state index contributed by atoms with van der Waals surface area (Å²) in [6, 6.07) is 0.563. The maximum atomic E-state index is 13.5. The molecule has 1 unspecified atom stereocenters. The van der Waals surface area contributed by atoms with Crippen LogP contribution in [0, 0.1) is 23.4 Å². The van der Waals surface area contributed by atoms with Crippen LogP contribution in [0.5, 0.6) is 0 Å². The summed E-state index contributed by atoms with van der Waals surface area (Å²) in [6.45, 7) is 3.17. The second-order valence-corrected chi connectivity index (χ2v) is 6.34. The van der Waals surface area contributed by atoms with Gasteiger partial charge in [0.1, 0.15) is 4.90 Å². The fraction of sp³-hybridized carbons (Fsp3) is 0.500. The summed E-state index contributed by atoms with van der Waals surface area (Å²) >= 11 is 0. The second-order valence-electron chi connectivity index (χ2n) is 4.66. The van der Waals surface area contributed by atoms with Crippen LogP contribution in [0.25, 0.3) is 0 Å². The Morgan fingerprint density at radius 2 is 1.80 bits per heavy atom. The Kier molecular flexibility index (Phi) is 5.55. The standard InChI is InChI=1S/C12H16F3NO3S/c1-7(2)9(5-6-17)16-20(18,19)10-4-3-8(13)11(14)12(10)15/h3-4,7,9,16-17H,5-6H2,1-2H3.